The monoisotopic (exact) mass is 494 g/mol. The van der Waals surface area contributed by atoms with Gasteiger partial charge in [0.25, 0.3) is 0 Å². The number of rotatable bonds is 6. The summed E-state index contributed by atoms with van der Waals surface area (Å²) in [5.74, 6) is 3.41. The first-order valence-electron chi connectivity index (χ1n) is 13.1. The highest BCUT2D eigenvalue weighted by Crippen LogP contribution is 2.39. The number of hydrogen-bond donors (Lipinski definition) is 0. The molecule has 0 unspecified atom stereocenters. The van der Waals surface area contributed by atoms with Crippen LogP contribution in [0.5, 0.6) is 23.0 Å². The maximum Gasteiger partial charge on any atom is 0.131 e. The molecule has 0 aliphatic heterocycles. The molecule has 0 amide bonds. The second-order valence-corrected chi connectivity index (χ2v) is 9.97. The van der Waals surface area contributed by atoms with Crippen molar-refractivity contribution in [1.29, 1.82) is 0 Å². The highest BCUT2D eigenvalue weighted by Gasteiger charge is 2.17. The number of fused-ring (bicyclic) bond motifs is 2. The molecule has 2 heteroatoms. The highest BCUT2D eigenvalue weighted by molar-refractivity contribution is 5.91. The molecule has 0 saturated heterocycles. The summed E-state index contributed by atoms with van der Waals surface area (Å²) in [4.78, 5) is 0. The molecule has 6 aromatic carbocycles. The van der Waals surface area contributed by atoms with Crippen molar-refractivity contribution in [2.75, 3.05) is 0 Å². The van der Waals surface area contributed by atoms with Crippen LogP contribution in [0.15, 0.2) is 115 Å². The van der Waals surface area contributed by atoms with Gasteiger partial charge < -0.3 is 9.47 Å². The topological polar surface area (TPSA) is 18.5 Å². The molecule has 186 valence electrons. The first-order chi connectivity index (χ1) is 18.5. The van der Waals surface area contributed by atoms with Crippen LogP contribution >= 0.6 is 0 Å². The Morgan fingerprint density at radius 2 is 1.05 bits per heavy atom. The minimum Gasteiger partial charge on any atom is -0.457 e. The lowest BCUT2D eigenvalue weighted by Gasteiger charge is -2.18. The zero-order valence-electron chi connectivity index (χ0n) is 22.0. The van der Waals surface area contributed by atoms with E-state index < -0.39 is 0 Å². The molecule has 0 fully saturated rings. The van der Waals surface area contributed by atoms with Crippen LogP contribution in [0.3, 0.4) is 0 Å². The van der Waals surface area contributed by atoms with Gasteiger partial charge in [0.05, 0.1) is 0 Å². The number of ether oxygens (including phenoxy) is 2. The van der Waals surface area contributed by atoms with Crippen molar-refractivity contribution in [1.82, 2.24) is 0 Å². The second-order valence-electron chi connectivity index (χ2n) is 9.97. The summed E-state index contributed by atoms with van der Waals surface area (Å²) in [6.45, 7) is 6.33. The maximum absolute atomic E-state index is 6.57. The normalized spacial score (nSPS) is 11.1. The molecule has 38 heavy (non-hydrogen) atoms. The molecule has 0 N–H and O–H groups in total. The van der Waals surface area contributed by atoms with E-state index in [1.54, 1.807) is 0 Å². The SMILES string of the molecule is Cc1cccc(Oc2ccc3ccccc3c2Cc2c(Oc3ccc(C)c(C)c3)ccc3ccccc23)c1. The molecular weight excluding hydrogens is 464 g/mol. The summed E-state index contributed by atoms with van der Waals surface area (Å²) >= 11 is 0. The molecule has 2 nitrogen and oxygen atoms in total. The van der Waals surface area contributed by atoms with Gasteiger partial charge in [0.15, 0.2) is 0 Å². The van der Waals surface area contributed by atoms with E-state index in [-0.39, 0.29) is 0 Å². The number of benzene rings is 6. The Morgan fingerprint density at radius 3 is 1.63 bits per heavy atom. The third-order valence-electron chi connectivity index (χ3n) is 7.27. The smallest absolute Gasteiger partial charge is 0.131 e. The third kappa shape index (κ3) is 4.73. The zero-order chi connectivity index (χ0) is 26.1. The van der Waals surface area contributed by atoms with E-state index in [9.17, 15) is 0 Å². The van der Waals surface area contributed by atoms with Gasteiger partial charge in [-0.15, -0.1) is 0 Å². The molecule has 0 heterocycles. The van der Waals surface area contributed by atoms with E-state index >= 15 is 0 Å². The third-order valence-corrected chi connectivity index (χ3v) is 7.27. The standard InChI is InChI=1S/C36H30O2/c1-24-9-8-12-29(21-24)37-35-19-16-27-10-4-6-13-31(27)33(35)23-34-32-14-7-5-11-28(32)17-20-36(34)38-30-18-15-25(2)26(3)22-30/h4-22H,23H2,1-3H3. The maximum atomic E-state index is 6.57. The van der Waals surface area contributed by atoms with Gasteiger partial charge in [0.1, 0.15) is 23.0 Å². The van der Waals surface area contributed by atoms with Gasteiger partial charge in [-0.1, -0.05) is 78.9 Å². The minimum absolute atomic E-state index is 0.671. The van der Waals surface area contributed by atoms with Gasteiger partial charge in [-0.3, -0.25) is 0 Å². The first-order valence-corrected chi connectivity index (χ1v) is 13.1. The molecule has 0 spiro atoms. The van der Waals surface area contributed by atoms with Gasteiger partial charge in [0.2, 0.25) is 0 Å². The number of hydrogen-bond acceptors (Lipinski definition) is 2. The lowest BCUT2D eigenvalue weighted by atomic mass is 9.93. The van der Waals surface area contributed by atoms with Gasteiger partial charge in [0, 0.05) is 17.5 Å². The van der Waals surface area contributed by atoms with Crippen molar-refractivity contribution in [2.45, 2.75) is 27.2 Å². The average molecular weight is 495 g/mol. The Hall–Kier alpha value is -4.56. The first kappa shape index (κ1) is 23.8. The fourth-order valence-corrected chi connectivity index (χ4v) is 5.07. The van der Waals surface area contributed by atoms with Gasteiger partial charge in [-0.05, 0) is 95.4 Å². The van der Waals surface area contributed by atoms with Crippen LogP contribution in [0.2, 0.25) is 0 Å². The van der Waals surface area contributed by atoms with Crippen LogP contribution < -0.4 is 9.47 Å². The van der Waals surface area contributed by atoms with E-state index in [1.807, 2.05) is 18.2 Å². The molecule has 0 aromatic heterocycles. The highest BCUT2D eigenvalue weighted by atomic mass is 16.5. The van der Waals surface area contributed by atoms with Gasteiger partial charge in [-0.2, -0.15) is 0 Å². The van der Waals surface area contributed by atoms with Gasteiger partial charge in [-0.25, -0.2) is 0 Å². The van der Waals surface area contributed by atoms with Crippen molar-refractivity contribution >= 4 is 21.5 Å². The fourth-order valence-electron chi connectivity index (χ4n) is 5.07. The van der Waals surface area contributed by atoms with Crippen LogP contribution in [0.4, 0.5) is 0 Å². The van der Waals surface area contributed by atoms with Crippen LogP contribution in [-0.2, 0) is 6.42 Å². The summed E-state index contributed by atoms with van der Waals surface area (Å²) in [5, 5.41) is 4.75. The summed E-state index contributed by atoms with van der Waals surface area (Å²) < 4.78 is 13.1. The summed E-state index contributed by atoms with van der Waals surface area (Å²) in [7, 11) is 0. The Kier molecular flexibility index (Phi) is 6.31. The van der Waals surface area contributed by atoms with Crippen molar-refractivity contribution in [2.24, 2.45) is 0 Å². The van der Waals surface area contributed by atoms with Crippen molar-refractivity contribution < 1.29 is 9.47 Å². The van der Waals surface area contributed by atoms with E-state index in [0.717, 1.165) is 34.1 Å². The molecule has 0 aliphatic rings. The summed E-state index contributed by atoms with van der Waals surface area (Å²) in [6, 6.07) is 40.0. The van der Waals surface area contributed by atoms with Crippen molar-refractivity contribution in [3.8, 4) is 23.0 Å². The van der Waals surface area contributed by atoms with E-state index in [4.69, 9.17) is 9.47 Å². The Bertz CT molecular complexity index is 1780. The molecule has 0 radical (unpaired) electrons. The van der Waals surface area contributed by atoms with E-state index in [2.05, 4.69) is 118 Å². The van der Waals surface area contributed by atoms with Crippen molar-refractivity contribution in [3.63, 3.8) is 0 Å². The second kappa shape index (κ2) is 10.1. The van der Waals surface area contributed by atoms with Crippen LogP contribution in [-0.4, -0.2) is 0 Å². The lowest BCUT2D eigenvalue weighted by Crippen LogP contribution is -1.99. The quantitative estimate of drug-likeness (QED) is 0.229. The molecule has 0 bridgehead atoms. The zero-order valence-corrected chi connectivity index (χ0v) is 22.0. The average Bonchev–Trinajstić information content (AvgIpc) is 2.93. The van der Waals surface area contributed by atoms with Crippen molar-refractivity contribution in [3.05, 3.63) is 143 Å². The van der Waals surface area contributed by atoms with E-state index in [0.29, 0.717) is 6.42 Å². The van der Waals surface area contributed by atoms with Crippen LogP contribution in [0.1, 0.15) is 27.8 Å². The molecule has 6 aromatic rings. The number of aryl methyl sites for hydroxylation is 3. The molecular formula is C36H30O2. The summed E-state index contributed by atoms with van der Waals surface area (Å²) in [5.41, 5.74) is 5.93. The predicted octanol–water partition coefficient (Wildman–Crippen LogP) is 10.1. The fraction of sp³-hybridized carbons (Fsp3) is 0.111. The Balaban J connectivity index is 1.51. The molecule has 6 rings (SSSR count). The van der Waals surface area contributed by atoms with Crippen LogP contribution in [0, 0.1) is 20.8 Å². The largest absolute Gasteiger partial charge is 0.457 e. The van der Waals surface area contributed by atoms with E-state index in [1.165, 1.54) is 38.2 Å². The predicted molar refractivity (Wildman–Crippen MR) is 158 cm³/mol. The minimum atomic E-state index is 0.671. The molecule has 0 saturated carbocycles. The van der Waals surface area contributed by atoms with Crippen LogP contribution in [0.25, 0.3) is 21.5 Å². The lowest BCUT2D eigenvalue weighted by molar-refractivity contribution is 0.472. The van der Waals surface area contributed by atoms with Gasteiger partial charge >= 0.3 is 0 Å². The Labute approximate surface area is 224 Å². The Morgan fingerprint density at radius 1 is 0.474 bits per heavy atom. The summed E-state index contributed by atoms with van der Waals surface area (Å²) in [6.07, 6.45) is 0.671. The molecule has 0 aliphatic carbocycles. The molecule has 0 atom stereocenters.